The molecule has 1 saturated heterocycles. The summed E-state index contributed by atoms with van der Waals surface area (Å²) in [5, 5.41) is 2.56. The average Bonchev–Trinajstić information content (AvgIpc) is 2.98. The van der Waals surface area contributed by atoms with E-state index in [1.807, 2.05) is 36.6 Å². The molecule has 0 radical (unpaired) electrons. The van der Waals surface area contributed by atoms with Gasteiger partial charge in [-0.05, 0) is 55.8 Å². The van der Waals surface area contributed by atoms with Crippen molar-refractivity contribution in [1.82, 2.24) is 14.8 Å². The van der Waals surface area contributed by atoms with Crippen LogP contribution in [0.2, 0.25) is 0 Å². The SMILES string of the molecule is Cc1cc(/C=C2/NC(=O)N(C)C2=O)c(C)n1-c1ccc(C(N)=O)cc1. The molecule has 1 aromatic heterocycles. The summed E-state index contributed by atoms with van der Waals surface area (Å²) in [5.74, 6) is -0.835. The van der Waals surface area contributed by atoms with Gasteiger partial charge >= 0.3 is 6.03 Å². The van der Waals surface area contributed by atoms with Crippen LogP contribution in [0, 0.1) is 13.8 Å². The van der Waals surface area contributed by atoms with E-state index >= 15 is 0 Å². The van der Waals surface area contributed by atoms with Crippen molar-refractivity contribution in [2.45, 2.75) is 13.8 Å². The van der Waals surface area contributed by atoms with Gasteiger partial charge in [0.15, 0.2) is 0 Å². The van der Waals surface area contributed by atoms with Gasteiger partial charge in [-0.1, -0.05) is 0 Å². The number of carbonyl (C=O) groups is 3. The Bertz CT molecular complexity index is 923. The molecule has 1 aromatic carbocycles. The van der Waals surface area contributed by atoms with Crippen LogP contribution in [-0.2, 0) is 4.79 Å². The Kier molecular flexibility index (Phi) is 3.92. The molecule has 2 aromatic rings. The van der Waals surface area contributed by atoms with E-state index < -0.39 is 11.9 Å². The predicted octanol–water partition coefficient (Wildman–Crippen LogP) is 1.72. The Hall–Kier alpha value is -3.35. The standard InChI is InChI=1S/C18H18N4O3/c1-10-8-13(9-15-17(24)21(3)18(25)20-15)11(2)22(10)14-6-4-12(5-7-14)16(19)23/h4-9H,1-3H3,(H2,19,23)(H,20,25)/b15-9+. The molecule has 3 N–H and O–H groups in total. The number of nitrogens with zero attached hydrogens (tertiary/aromatic N) is 2. The number of amides is 4. The topological polar surface area (TPSA) is 97.4 Å². The Morgan fingerprint density at radius 3 is 2.32 bits per heavy atom. The molecule has 0 saturated carbocycles. The largest absolute Gasteiger partial charge is 0.366 e. The summed E-state index contributed by atoms with van der Waals surface area (Å²) in [6, 6.07) is 8.46. The molecule has 0 atom stereocenters. The van der Waals surface area contributed by atoms with E-state index in [1.165, 1.54) is 7.05 Å². The first-order valence-electron chi connectivity index (χ1n) is 7.69. The molecule has 25 heavy (non-hydrogen) atoms. The van der Waals surface area contributed by atoms with Gasteiger partial charge in [0, 0.05) is 29.7 Å². The van der Waals surface area contributed by atoms with Crippen molar-refractivity contribution in [2.24, 2.45) is 5.73 Å². The number of hydrogen-bond donors (Lipinski definition) is 2. The maximum atomic E-state index is 12.0. The van der Waals surface area contributed by atoms with Crippen LogP contribution in [-0.4, -0.2) is 34.4 Å². The molecule has 0 bridgehead atoms. The first kappa shape index (κ1) is 16.5. The van der Waals surface area contributed by atoms with Gasteiger partial charge in [0.2, 0.25) is 5.91 Å². The molecular formula is C18H18N4O3. The van der Waals surface area contributed by atoms with Crippen molar-refractivity contribution in [2.75, 3.05) is 7.05 Å². The Morgan fingerprint density at radius 1 is 1.16 bits per heavy atom. The summed E-state index contributed by atoms with van der Waals surface area (Å²) in [6.07, 6.45) is 1.67. The molecular weight excluding hydrogens is 320 g/mol. The number of carbonyl (C=O) groups excluding carboxylic acids is 3. The molecule has 0 aliphatic carbocycles. The van der Waals surface area contributed by atoms with Crippen LogP contribution in [0.5, 0.6) is 0 Å². The van der Waals surface area contributed by atoms with E-state index in [0.29, 0.717) is 5.56 Å². The summed E-state index contributed by atoms with van der Waals surface area (Å²) >= 11 is 0. The van der Waals surface area contributed by atoms with Gasteiger partial charge in [0.25, 0.3) is 5.91 Å². The van der Waals surface area contributed by atoms with Crippen molar-refractivity contribution in [3.63, 3.8) is 0 Å². The number of nitrogens with two attached hydrogens (primary N) is 1. The zero-order valence-corrected chi connectivity index (χ0v) is 14.2. The zero-order chi connectivity index (χ0) is 18.3. The molecule has 3 rings (SSSR count). The van der Waals surface area contributed by atoms with Crippen LogP contribution in [0.25, 0.3) is 11.8 Å². The lowest BCUT2D eigenvalue weighted by atomic mass is 10.2. The summed E-state index contributed by atoms with van der Waals surface area (Å²) in [6.45, 7) is 3.87. The number of aromatic nitrogens is 1. The van der Waals surface area contributed by atoms with E-state index in [2.05, 4.69) is 5.32 Å². The lowest BCUT2D eigenvalue weighted by Gasteiger charge is -2.10. The van der Waals surface area contributed by atoms with Gasteiger partial charge < -0.3 is 15.6 Å². The van der Waals surface area contributed by atoms with Crippen LogP contribution < -0.4 is 11.1 Å². The first-order chi connectivity index (χ1) is 11.8. The second-order valence-electron chi connectivity index (χ2n) is 5.93. The number of urea groups is 1. The summed E-state index contributed by atoms with van der Waals surface area (Å²) in [5.41, 5.74) is 9.53. The van der Waals surface area contributed by atoms with E-state index in [-0.39, 0.29) is 11.6 Å². The number of primary amides is 1. The normalized spacial score (nSPS) is 15.8. The lowest BCUT2D eigenvalue weighted by Crippen LogP contribution is -2.25. The number of rotatable bonds is 3. The predicted molar refractivity (Wildman–Crippen MR) is 93.0 cm³/mol. The van der Waals surface area contributed by atoms with Gasteiger partial charge in [-0.3, -0.25) is 14.5 Å². The third-order valence-corrected chi connectivity index (χ3v) is 4.26. The maximum absolute atomic E-state index is 12.0. The highest BCUT2D eigenvalue weighted by atomic mass is 16.2. The fourth-order valence-electron chi connectivity index (χ4n) is 2.88. The van der Waals surface area contributed by atoms with Gasteiger partial charge in [-0.2, -0.15) is 0 Å². The zero-order valence-electron chi connectivity index (χ0n) is 14.2. The molecule has 1 fully saturated rings. The Labute approximate surface area is 144 Å². The van der Waals surface area contributed by atoms with Crippen LogP contribution in [0.15, 0.2) is 36.0 Å². The second kappa shape index (κ2) is 5.94. The van der Waals surface area contributed by atoms with Crippen molar-refractivity contribution in [3.05, 3.63) is 58.5 Å². The highest BCUT2D eigenvalue weighted by Crippen LogP contribution is 2.24. The number of aryl methyl sites for hydroxylation is 1. The summed E-state index contributed by atoms with van der Waals surface area (Å²) in [7, 11) is 1.43. The smallest absolute Gasteiger partial charge is 0.328 e. The Morgan fingerprint density at radius 2 is 1.80 bits per heavy atom. The third-order valence-electron chi connectivity index (χ3n) is 4.26. The minimum Gasteiger partial charge on any atom is -0.366 e. The molecule has 2 heterocycles. The lowest BCUT2D eigenvalue weighted by molar-refractivity contribution is -0.121. The molecule has 7 heteroatoms. The van der Waals surface area contributed by atoms with Crippen LogP contribution in [0.4, 0.5) is 4.79 Å². The fraction of sp³-hybridized carbons (Fsp3) is 0.167. The van der Waals surface area contributed by atoms with E-state index in [4.69, 9.17) is 5.73 Å². The quantitative estimate of drug-likeness (QED) is 0.658. The molecule has 128 valence electrons. The van der Waals surface area contributed by atoms with Crippen molar-refractivity contribution in [3.8, 4) is 5.69 Å². The van der Waals surface area contributed by atoms with Crippen LogP contribution in [0.3, 0.4) is 0 Å². The average molecular weight is 338 g/mol. The van der Waals surface area contributed by atoms with Gasteiger partial charge in [0.05, 0.1) is 0 Å². The number of benzene rings is 1. The third kappa shape index (κ3) is 2.80. The highest BCUT2D eigenvalue weighted by Gasteiger charge is 2.30. The van der Waals surface area contributed by atoms with Gasteiger partial charge in [-0.15, -0.1) is 0 Å². The molecule has 7 nitrogen and oxygen atoms in total. The van der Waals surface area contributed by atoms with Crippen molar-refractivity contribution >= 4 is 23.9 Å². The van der Waals surface area contributed by atoms with E-state index in [9.17, 15) is 14.4 Å². The monoisotopic (exact) mass is 338 g/mol. The van der Waals surface area contributed by atoms with Crippen molar-refractivity contribution < 1.29 is 14.4 Å². The molecule has 0 spiro atoms. The number of imide groups is 1. The van der Waals surface area contributed by atoms with Gasteiger partial charge in [-0.25, -0.2) is 4.79 Å². The first-order valence-corrected chi connectivity index (χ1v) is 7.69. The van der Waals surface area contributed by atoms with E-state index in [0.717, 1.165) is 27.5 Å². The molecule has 1 aliphatic rings. The van der Waals surface area contributed by atoms with E-state index in [1.54, 1.807) is 18.2 Å². The summed E-state index contributed by atoms with van der Waals surface area (Å²) in [4.78, 5) is 35.8. The number of likely N-dealkylation sites (N-methyl/N-ethyl adjacent to an activating group) is 1. The van der Waals surface area contributed by atoms with Crippen LogP contribution >= 0.6 is 0 Å². The van der Waals surface area contributed by atoms with Crippen molar-refractivity contribution in [1.29, 1.82) is 0 Å². The fourth-order valence-corrected chi connectivity index (χ4v) is 2.88. The second-order valence-corrected chi connectivity index (χ2v) is 5.93. The maximum Gasteiger partial charge on any atom is 0.328 e. The number of nitrogens with one attached hydrogen (secondary N) is 1. The molecule has 1 aliphatic heterocycles. The number of hydrogen-bond acceptors (Lipinski definition) is 3. The minimum atomic E-state index is -0.475. The van der Waals surface area contributed by atoms with Gasteiger partial charge in [0.1, 0.15) is 5.70 Å². The Balaban J connectivity index is 2.01. The summed E-state index contributed by atoms with van der Waals surface area (Å²) < 4.78 is 2.00. The highest BCUT2D eigenvalue weighted by molar-refractivity contribution is 6.13. The molecule has 4 amide bonds. The molecule has 0 unspecified atom stereocenters. The van der Waals surface area contributed by atoms with Crippen LogP contribution in [0.1, 0.15) is 27.3 Å². The minimum absolute atomic E-state index is 0.247.